The summed E-state index contributed by atoms with van der Waals surface area (Å²) in [5, 5.41) is 2.94. The summed E-state index contributed by atoms with van der Waals surface area (Å²) in [5.41, 5.74) is 1.03. The fourth-order valence-electron chi connectivity index (χ4n) is 2.03. The first kappa shape index (κ1) is 17.2. The average Bonchev–Trinajstić information content (AvgIpc) is 2.51. The predicted octanol–water partition coefficient (Wildman–Crippen LogP) is 2.73. The van der Waals surface area contributed by atoms with Crippen LogP contribution in [0.1, 0.15) is 46.1 Å². The molecule has 2 atom stereocenters. The van der Waals surface area contributed by atoms with Crippen molar-refractivity contribution in [3.8, 4) is 0 Å². The quantitative estimate of drug-likeness (QED) is 0.839. The van der Waals surface area contributed by atoms with E-state index in [9.17, 15) is 9.59 Å². The van der Waals surface area contributed by atoms with Gasteiger partial charge in [0.2, 0.25) is 11.8 Å². The Balaban J connectivity index is 2.82. The maximum absolute atomic E-state index is 12.3. The number of benzene rings is 1. The van der Waals surface area contributed by atoms with Crippen molar-refractivity contribution in [3.63, 3.8) is 0 Å². The molecule has 0 fully saturated rings. The molecule has 1 aromatic carbocycles. The Morgan fingerprint density at radius 3 is 2.29 bits per heavy atom. The molecule has 0 bridgehead atoms. The topological polar surface area (TPSA) is 49.4 Å². The monoisotopic (exact) mass is 290 g/mol. The van der Waals surface area contributed by atoms with E-state index in [1.54, 1.807) is 11.8 Å². The molecule has 0 aliphatic rings. The third-order valence-corrected chi connectivity index (χ3v) is 3.67. The molecule has 0 heterocycles. The van der Waals surface area contributed by atoms with Crippen LogP contribution in [0.2, 0.25) is 0 Å². The van der Waals surface area contributed by atoms with Crippen LogP contribution in [0.4, 0.5) is 0 Å². The van der Waals surface area contributed by atoms with Crippen LogP contribution in [0.5, 0.6) is 0 Å². The van der Waals surface area contributed by atoms with E-state index in [-0.39, 0.29) is 17.9 Å². The van der Waals surface area contributed by atoms with E-state index in [0.717, 1.165) is 12.0 Å². The van der Waals surface area contributed by atoms with Gasteiger partial charge in [-0.3, -0.25) is 9.59 Å². The van der Waals surface area contributed by atoms with Gasteiger partial charge < -0.3 is 10.2 Å². The summed E-state index contributed by atoms with van der Waals surface area (Å²) in [6, 6.07) is 9.41. The largest absolute Gasteiger partial charge is 0.352 e. The molecule has 0 radical (unpaired) electrons. The molecule has 0 spiro atoms. The highest BCUT2D eigenvalue weighted by atomic mass is 16.2. The summed E-state index contributed by atoms with van der Waals surface area (Å²) in [7, 11) is 0. The van der Waals surface area contributed by atoms with Crippen molar-refractivity contribution in [2.24, 2.45) is 0 Å². The van der Waals surface area contributed by atoms with Crippen molar-refractivity contribution in [2.45, 2.75) is 59.2 Å². The molecular formula is C17H26N2O2. The molecule has 116 valence electrons. The van der Waals surface area contributed by atoms with Crippen molar-refractivity contribution in [1.82, 2.24) is 10.2 Å². The Kier molecular flexibility index (Phi) is 6.92. The first-order valence-corrected chi connectivity index (χ1v) is 7.63. The zero-order valence-electron chi connectivity index (χ0n) is 13.4. The summed E-state index contributed by atoms with van der Waals surface area (Å²) in [5.74, 6) is -0.104. The number of hydrogen-bond acceptors (Lipinski definition) is 2. The van der Waals surface area contributed by atoms with Gasteiger partial charge in [-0.2, -0.15) is 0 Å². The van der Waals surface area contributed by atoms with E-state index >= 15 is 0 Å². The number of nitrogens with zero attached hydrogens (tertiary/aromatic N) is 1. The second kappa shape index (κ2) is 8.45. The Morgan fingerprint density at radius 2 is 1.76 bits per heavy atom. The number of rotatable bonds is 7. The molecule has 0 unspecified atom stereocenters. The van der Waals surface area contributed by atoms with E-state index < -0.39 is 6.04 Å². The van der Waals surface area contributed by atoms with Crippen LogP contribution in [0.15, 0.2) is 30.3 Å². The highest BCUT2D eigenvalue weighted by Gasteiger charge is 2.25. The Hall–Kier alpha value is -1.84. The van der Waals surface area contributed by atoms with Gasteiger partial charge in [0.25, 0.3) is 0 Å². The molecule has 0 saturated heterocycles. The van der Waals surface area contributed by atoms with Crippen LogP contribution in [-0.4, -0.2) is 28.8 Å². The molecule has 0 aliphatic heterocycles. The lowest BCUT2D eigenvalue weighted by atomic mass is 10.1. The van der Waals surface area contributed by atoms with Gasteiger partial charge in [-0.1, -0.05) is 44.2 Å². The minimum Gasteiger partial charge on any atom is -0.352 e. The molecule has 21 heavy (non-hydrogen) atoms. The lowest BCUT2D eigenvalue weighted by molar-refractivity contribution is -0.140. The molecule has 0 saturated carbocycles. The maximum atomic E-state index is 12.3. The van der Waals surface area contributed by atoms with Crippen LogP contribution in [0.25, 0.3) is 0 Å². The van der Waals surface area contributed by atoms with Crippen LogP contribution < -0.4 is 5.32 Å². The molecule has 2 amide bonds. The number of amides is 2. The smallest absolute Gasteiger partial charge is 0.242 e. The highest BCUT2D eigenvalue weighted by Crippen LogP contribution is 2.11. The van der Waals surface area contributed by atoms with Crippen molar-refractivity contribution in [3.05, 3.63) is 35.9 Å². The number of nitrogens with one attached hydrogen (secondary N) is 1. The number of hydrogen-bond donors (Lipinski definition) is 1. The maximum Gasteiger partial charge on any atom is 0.242 e. The molecule has 1 N–H and O–H groups in total. The summed E-state index contributed by atoms with van der Waals surface area (Å²) in [6.07, 6.45) is 1.27. The Labute approximate surface area is 127 Å². The van der Waals surface area contributed by atoms with Gasteiger partial charge in [0, 0.05) is 19.0 Å². The van der Waals surface area contributed by atoms with E-state index in [1.165, 1.54) is 0 Å². The summed E-state index contributed by atoms with van der Waals surface area (Å²) >= 11 is 0. The first-order valence-electron chi connectivity index (χ1n) is 7.63. The second-order valence-corrected chi connectivity index (χ2v) is 5.35. The standard InChI is InChI=1S/C17H26N2O2/c1-5-13(3)18-17(21)14(4)19(16(20)6-2)12-15-10-8-7-9-11-15/h7-11,13-14H,5-6,12H2,1-4H3,(H,18,21)/t13-,14-/m1/s1. The Morgan fingerprint density at radius 1 is 1.14 bits per heavy atom. The van der Waals surface area contributed by atoms with Gasteiger partial charge >= 0.3 is 0 Å². The fraction of sp³-hybridized carbons (Fsp3) is 0.529. The van der Waals surface area contributed by atoms with Gasteiger partial charge in [0.05, 0.1) is 0 Å². The SMILES string of the molecule is CCC(=O)N(Cc1ccccc1)[C@H](C)C(=O)N[C@H](C)CC. The average molecular weight is 290 g/mol. The van der Waals surface area contributed by atoms with Gasteiger partial charge in [0.1, 0.15) is 6.04 Å². The first-order chi connectivity index (χ1) is 9.99. The van der Waals surface area contributed by atoms with Crippen molar-refractivity contribution < 1.29 is 9.59 Å². The van der Waals surface area contributed by atoms with E-state index in [2.05, 4.69) is 5.32 Å². The molecule has 4 nitrogen and oxygen atoms in total. The third-order valence-electron chi connectivity index (χ3n) is 3.67. The van der Waals surface area contributed by atoms with Crippen LogP contribution in [0.3, 0.4) is 0 Å². The van der Waals surface area contributed by atoms with E-state index in [4.69, 9.17) is 0 Å². The summed E-state index contributed by atoms with van der Waals surface area (Å²) in [4.78, 5) is 26.1. The van der Waals surface area contributed by atoms with Gasteiger partial charge in [0.15, 0.2) is 0 Å². The molecule has 1 aromatic rings. The van der Waals surface area contributed by atoms with Crippen molar-refractivity contribution >= 4 is 11.8 Å². The zero-order valence-corrected chi connectivity index (χ0v) is 13.4. The molecule has 0 aromatic heterocycles. The number of carbonyl (C=O) groups excluding carboxylic acids is 2. The fourth-order valence-corrected chi connectivity index (χ4v) is 2.03. The van der Waals surface area contributed by atoms with Gasteiger partial charge in [-0.25, -0.2) is 0 Å². The Bertz CT molecular complexity index is 459. The molecule has 0 aliphatic carbocycles. The lowest BCUT2D eigenvalue weighted by Crippen LogP contribution is -2.49. The minimum atomic E-state index is -0.466. The number of carbonyl (C=O) groups is 2. The zero-order chi connectivity index (χ0) is 15.8. The van der Waals surface area contributed by atoms with Crippen molar-refractivity contribution in [1.29, 1.82) is 0 Å². The lowest BCUT2D eigenvalue weighted by Gasteiger charge is -2.29. The second-order valence-electron chi connectivity index (χ2n) is 5.35. The van der Waals surface area contributed by atoms with E-state index in [1.807, 2.05) is 51.1 Å². The third kappa shape index (κ3) is 5.21. The molecular weight excluding hydrogens is 264 g/mol. The van der Waals surface area contributed by atoms with Crippen LogP contribution >= 0.6 is 0 Å². The molecule has 4 heteroatoms. The van der Waals surface area contributed by atoms with Gasteiger partial charge in [-0.05, 0) is 25.8 Å². The van der Waals surface area contributed by atoms with E-state index in [0.29, 0.717) is 13.0 Å². The summed E-state index contributed by atoms with van der Waals surface area (Å²) in [6.45, 7) is 8.05. The summed E-state index contributed by atoms with van der Waals surface area (Å²) < 4.78 is 0. The van der Waals surface area contributed by atoms with Crippen molar-refractivity contribution in [2.75, 3.05) is 0 Å². The van der Waals surface area contributed by atoms with Gasteiger partial charge in [-0.15, -0.1) is 0 Å². The normalized spacial score (nSPS) is 13.3. The highest BCUT2D eigenvalue weighted by molar-refractivity contribution is 5.87. The van der Waals surface area contributed by atoms with Crippen LogP contribution in [0, 0.1) is 0 Å². The van der Waals surface area contributed by atoms with Crippen LogP contribution in [-0.2, 0) is 16.1 Å². The minimum absolute atomic E-state index is 0.00865. The molecule has 1 rings (SSSR count). The predicted molar refractivity (Wildman–Crippen MR) is 84.6 cm³/mol.